The molecule has 2 heterocycles. The van der Waals surface area contributed by atoms with Crippen LogP contribution in [0.25, 0.3) is 10.2 Å². The molecule has 6 heteroatoms. The van der Waals surface area contributed by atoms with Gasteiger partial charge in [0.1, 0.15) is 5.52 Å². The molecule has 0 spiro atoms. The second-order valence-electron chi connectivity index (χ2n) is 2.37. The highest BCUT2D eigenvalue weighted by Gasteiger charge is 2.08. The summed E-state index contributed by atoms with van der Waals surface area (Å²) in [6, 6.07) is 1.86. The van der Waals surface area contributed by atoms with Gasteiger partial charge in [0.15, 0.2) is 0 Å². The Labute approximate surface area is 89.3 Å². The Kier molecular flexibility index (Phi) is 2.49. The van der Waals surface area contributed by atoms with Gasteiger partial charge in [0.05, 0.1) is 17.0 Å². The van der Waals surface area contributed by atoms with Crippen LogP contribution in [-0.2, 0) is 0 Å². The molecule has 2 aromatic rings. The summed E-state index contributed by atoms with van der Waals surface area (Å²) < 4.78 is 6.04. The van der Waals surface area contributed by atoms with Crippen molar-refractivity contribution in [3.8, 4) is 5.88 Å². The number of nitrogens with zero attached hydrogens (tertiary/aromatic N) is 3. The van der Waals surface area contributed by atoms with Crippen LogP contribution in [0.2, 0.25) is 0 Å². The molecule has 0 saturated carbocycles. The lowest BCUT2D eigenvalue weighted by Crippen LogP contribution is -1.86. The third kappa shape index (κ3) is 1.50. The van der Waals surface area contributed by atoms with E-state index in [1.165, 1.54) is 11.3 Å². The van der Waals surface area contributed by atoms with E-state index in [0.717, 1.165) is 4.70 Å². The summed E-state index contributed by atoms with van der Waals surface area (Å²) in [5, 5.41) is 2.85. The second kappa shape index (κ2) is 3.79. The number of aliphatic imine (C=N–C) groups is 1. The van der Waals surface area contributed by atoms with Crippen LogP contribution < -0.4 is 4.74 Å². The molecule has 0 aromatic carbocycles. The average molecular weight is 223 g/mol. The van der Waals surface area contributed by atoms with Crippen molar-refractivity contribution in [2.45, 2.75) is 0 Å². The van der Waals surface area contributed by atoms with E-state index in [0.29, 0.717) is 16.5 Å². The number of methoxy groups -OCH3 is 1. The first-order valence-electron chi connectivity index (χ1n) is 3.72. The maximum atomic E-state index is 5.06. The highest BCUT2D eigenvalue weighted by molar-refractivity contribution is 7.78. The van der Waals surface area contributed by atoms with Crippen LogP contribution in [-0.4, -0.2) is 22.2 Å². The third-order valence-electron chi connectivity index (χ3n) is 1.60. The van der Waals surface area contributed by atoms with E-state index < -0.39 is 0 Å². The van der Waals surface area contributed by atoms with E-state index in [4.69, 9.17) is 4.74 Å². The van der Waals surface area contributed by atoms with Gasteiger partial charge in [0.2, 0.25) is 11.0 Å². The summed E-state index contributed by atoms with van der Waals surface area (Å²) in [5.41, 5.74) is 0.712. The lowest BCUT2D eigenvalue weighted by molar-refractivity contribution is 0.402. The molecule has 14 heavy (non-hydrogen) atoms. The molecule has 0 aliphatic rings. The Bertz CT molecular complexity index is 516. The lowest BCUT2D eigenvalue weighted by Gasteiger charge is -1.96. The van der Waals surface area contributed by atoms with Gasteiger partial charge in [-0.05, 0) is 18.3 Å². The summed E-state index contributed by atoms with van der Waals surface area (Å²) in [5.74, 6) is 0.504. The van der Waals surface area contributed by atoms with Gasteiger partial charge in [0, 0.05) is 6.20 Å². The topological polar surface area (TPSA) is 47.4 Å². The van der Waals surface area contributed by atoms with Crippen LogP contribution in [0.15, 0.2) is 17.3 Å². The predicted octanol–water partition coefficient (Wildman–Crippen LogP) is 2.43. The first kappa shape index (κ1) is 9.21. The molecule has 0 aliphatic carbocycles. The largest absolute Gasteiger partial charge is 0.479 e. The van der Waals surface area contributed by atoms with E-state index in [9.17, 15) is 0 Å². The molecule has 4 nitrogen and oxygen atoms in total. The number of thiocarbonyl (C=S) groups is 1. The standard InChI is InChI=1S/C8H5N3OS2/c1-12-7-6-5(2-3-9-7)14-8(11-6)10-4-13/h2-3H,1H3. The van der Waals surface area contributed by atoms with Crippen LogP contribution >= 0.6 is 23.6 Å². The van der Waals surface area contributed by atoms with Crippen LogP contribution in [0.1, 0.15) is 0 Å². The summed E-state index contributed by atoms with van der Waals surface area (Å²) in [6.45, 7) is 0. The zero-order chi connectivity index (χ0) is 9.97. The van der Waals surface area contributed by atoms with Gasteiger partial charge < -0.3 is 4.74 Å². The van der Waals surface area contributed by atoms with Crippen LogP contribution in [0.3, 0.4) is 0 Å². The van der Waals surface area contributed by atoms with Gasteiger partial charge in [-0.3, -0.25) is 0 Å². The van der Waals surface area contributed by atoms with E-state index in [2.05, 4.69) is 32.3 Å². The van der Waals surface area contributed by atoms with Crippen molar-refractivity contribution in [1.82, 2.24) is 9.97 Å². The Balaban J connectivity index is 2.69. The number of ether oxygens (including phenoxy) is 1. The highest BCUT2D eigenvalue weighted by Crippen LogP contribution is 2.31. The number of aromatic nitrogens is 2. The molecule has 0 fully saturated rings. The Morgan fingerprint density at radius 2 is 2.50 bits per heavy atom. The lowest BCUT2D eigenvalue weighted by atomic mass is 10.4. The zero-order valence-corrected chi connectivity index (χ0v) is 8.85. The minimum absolute atomic E-state index is 0.504. The molecule has 0 saturated heterocycles. The fourth-order valence-electron chi connectivity index (χ4n) is 1.06. The molecule has 0 unspecified atom stereocenters. The average Bonchev–Trinajstić information content (AvgIpc) is 2.60. The fraction of sp³-hybridized carbons (Fsp3) is 0.125. The van der Waals surface area contributed by atoms with Gasteiger partial charge >= 0.3 is 0 Å². The van der Waals surface area contributed by atoms with Crippen molar-refractivity contribution in [3.63, 3.8) is 0 Å². The van der Waals surface area contributed by atoms with E-state index in [-0.39, 0.29) is 0 Å². The van der Waals surface area contributed by atoms with Crippen LogP contribution in [0.5, 0.6) is 5.88 Å². The highest BCUT2D eigenvalue weighted by atomic mass is 32.1. The number of fused-ring (bicyclic) bond motifs is 1. The van der Waals surface area contributed by atoms with E-state index >= 15 is 0 Å². The van der Waals surface area contributed by atoms with Crippen molar-refractivity contribution in [2.75, 3.05) is 7.11 Å². The molecule has 2 rings (SSSR count). The van der Waals surface area contributed by atoms with Gasteiger partial charge in [-0.2, -0.15) is 4.99 Å². The minimum atomic E-state index is 0.504. The monoisotopic (exact) mass is 223 g/mol. The fourth-order valence-corrected chi connectivity index (χ4v) is 1.98. The van der Waals surface area contributed by atoms with Crippen molar-refractivity contribution >= 4 is 44.1 Å². The summed E-state index contributed by atoms with van der Waals surface area (Å²) >= 11 is 5.93. The first-order chi connectivity index (χ1) is 6.85. The summed E-state index contributed by atoms with van der Waals surface area (Å²) in [4.78, 5) is 12.0. The number of isothiocyanates is 1. The SMILES string of the molecule is COc1nccc2sc(N=C=S)nc12. The molecule has 0 N–H and O–H groups in total. The predicted molar refractivity (Wildman–Crippen MR) is 58.7 cm³/mol. The smallest absolute Gasteiger partial charge is 0.241 e. The summed E-state index contributed by atoms with van der Waals surface area (Å²) in [6.07, 6.45) is 1.67. The van der Waals surface area contributed by atoms with Crippen molar-refractivity contribution in [2.24, 2.45) is 4.99 Å². The number of pyridine rings is 1. The molecule has 0 radical (unpaired) electrons. The zero-order valence-electron chi connectivity index (χ0n) is 7.22. The molecule has 0 atom stereocenters. The van der Waals surface area contributed by atoms with Crippen molar-refractivity contribution in [3.05, 3.63) is 12.3 Å². The maximum absolute atomic E-state index is 5.06. The Hall–Kier alpha value is -1.36. The van der Waals surface area contributed by atoms with Crippen molar-refractivity contribution < 1.29 is 4.74 Å². The van der Waals surface area contributed by atoms with Gasteiger partial charge in [-0.1, -0.05) is 11.3 Å². The normalized spacial score (nSPS) is 9.79. The molecule has 70 valence electrons. The maximum Gasteiger partial charge on any atom is 0.241 e. The Morgan fingerprint density at radius 1 is 1.64 bits per heavy atom. The van der Waals surface area contributed by atoms with E-state index in [1.54, 1.807) is 13.3 Å². The van der Waals surface area contributed by atoms with Crippen molar-refractivity contribution in [1.29, 1.82) is 0 Å². The third-order valence-corrected chi connectivity index (χ3v) is 2.60. The quantitative estimate of drug-likeness (QED) is 0.579. The van der Waals surface area contributed by atoms with Gasteiger partial charge in [-0.25, -0.2) is 9.97 Å². The summed E-state index contributed by atoms with van der Waals surface area (Å²) in [7, 11) is 1.56. The molecular formula is C8H5N3OS2. The van der Waals surface area contributed by atoms with Gasteiger partial charge in [-0.15, -0.1) is 0 Å². The molecule has 0 aliphatic heterocycles. The minimum Gasteiger partial charge on any atom is -0.479 e. The molecule has 2 aromatic heterocycles. The number of rotatable bonds is 2. The first-order valence-corrected chi connectivity index (χ1v) is 4.95. The van der Waals surface area contributed by atoms with Crippen LogP contribution in [0.4, 0.5) is 5.13 Å². The molecule has 0 bridgehead atoms. The molecular weight excluding hydrogens is 218 g/mol. The Morgan fingerprint density at radius 3 is 3.21 bits per heavy atom. The van der Waals surface area contributed by atoms with Crippen LogP contribution in [0, 0.1) is 0 Å². The van der Waals surface area contributed by atoms with Gasteiger partial charge in [0.25, 0.3) is 0 Å². The number of hydrogen-bond donors (Lipinski definition) is 0. The molecule has 0 amide bonds. The second-order valence-corrected chi connectivity index (χ2v) is 3.56. The number of hydrogen-bond acceptors (Lipinski definition) is 6. The number of thiazole rings is 1. The van der Waals surface area contributed by atoms with E-state index in [1.807, 2.05) is 6.07 Å².